The topological polar surface area (TPSA) is 164 Å². The van der Waals surface area contributed by atoms with Crippen molar-refractivity contribution in [2.75, 3.05) is 18.6 Å². The number of thioether (sulfide) groups is 1. The Morgan fingerprint density at radius 1 is 0.953 bits per heavy atom. The lowest BCUT2D eigenvalue weighted by molar-refractivity contribution is -0.132. The molecular formula is C30H54N6O6S. The number of ether oxygens (including phenoxy) is 1. The molecule has 1 aromatic rings. The number of rotatable bonds is 19. The Labute approximate surface area is 261 Å². The van der Waals surface area contributed by atoms with E-state index in [-0.39, 0.29) is 42.6 Å². The van der Waals surface area contributed by atoms with Crippen molar-refractivity contribution in [3.8, 4) is 0 Å². The first-order valence-corrected chi connectivity index (χ1v) is 16.5. The summed E-state index contributed by atoms with van der Waals surface area (Å²) in [6.07, 6.45) is 2.66. The smallest absolute Gasteiger partial charge is 0.408 e. The standard InChI is InChI=1S/C30H54N6O6S/c1-18(2)14-24(25(37)15-21(7)27(38)35-26(20(5)6)29(40)31-16-19(3)4)33-28(39)23(11-13-43-9)34-30(41)42-17-22-10-12-32-36(22)8/h10,12,18-21,23-26,37H,11,13-17H2,1-9H3,(H,31,40)(H,33,39)(H,34,41)(H,35,38)/t21-,23+,24+,25+,26+/m1/s1. The summed E-state index contributed by atoms with van der Waals surface area (Å²) in [6, 6.07) is -0.486. The summed E-state index contributed by atoms with van der Waals surface area (Å²) < 4.78 is 6.89. The van der Waals surface area contributed by atoms with Gasteiger partial charge in [0.2, 0.25) is 17.7 Å². The minimum absolute atomic E-state index is 0.00485. The van der Waals surface area contributed by atoms with E-state index in [9.17, 15) is 24.3 Å². The first-order chi connectivity index (χ1) is 20.2. The molecule has 0 aromatic carbocycles. The summed E-state index contributed by atoms with van der Waals surface area (Å²) >= 11 is 1.54. The quantitative estimate of drug-likeness (QED) is 0.156. The van der Waals surface area contributed by atoms with Gasteiger partial charge in [-0.1, -0.05) is 48.5 Å². The van der Waals surface area contributed by atoms with E-state index in [1.807, 2.05) is 47.8 Å². The van der Waals surface area contributed by atoms with Crippen molar-refractivity contribution in [3.05, 3.63) is 18.0 Å². The van der Waals surface area contributed by atoms with Crippen LogP contribution in [0.1, 0.15) is 73.4 Å². The van der Waals surface area contributed by atoms with Crippen LogP contribution in [0.15, 0.2) is 12.3 Å². The molecule has 0 aliphatic heterocycles. The largest absolute Gasteiger partial charge is 0.443 e. The Morgan fingerprint density at radius 3 is 2.16 bits per heavy atom. The zero-order valence-electron chi connectivity index (χ0n) is 27.3. The third-order valence-corrected chi connectivity index (χ3v) is 7.63. The SMILES string of the molecule is CSCC[C@H](NC(=O)OCc1ccnn1C)C(=O)N[C@@H](CC(C)C)[C@@H](O)C[C@@H](C)C(=O)N[C@H](C(=O)NCC(C)C)C(C)C. The summed E-state index contributed by atoms with van der Waals surface area (Å²) in [5.41, 5.74) is 0.703. The number of amides is 4. The highest BCUT2D eigenvalue weighted by atomic mass is 32.2. The Kier molecular flexibility index (Phi) is 17.3. The van der Waals surface area contributed by atoms with E-state index in [1.54, 1.807) is 42.7 Å². The predicted molar refractivity (Wildman–Crippen MR) is 169 cm³/mol. The molecule has 5 atom stereocenters. The molecule has 13 heteroatoms. The Hall–Kier alpha value is -2.80. The number of alkyl carbamates (subject to hydrolysis) is 1. The van der Waals surface area contributed by atoms with Gasteiger partial charge in [-0.25, -0.2) is 4.79 Å². The Bertz CT molecular complexity index is 1020. The average molecular weight is 627 g/mol. The van der Waals surface area contributed by atoms with Gasteiger partial charge in [-0.05, 0) is 55.1 Å². The molecule has 246 valence electrons. The number of hydrogen-bond acceptors (Lipinski definition) is 8. The van der Waals surface area contributed by atoms with E-state index in [1.165, 1.54) is 0 Å². The molecule has 0 saturated carbocycles. The fourth-order valence-corrected chi connectivity index (χ4v) is 4.82. The number of nitrogens with one attached hydrogen (secondary N) is 4. The first kappa shape index (κ1) is 38.2. The number of carbonyl (C=O) groups is 4. The normalized spacial score (nSPS) is 15.0. The second kappa shape index (κ2) is 19.5. The molecule has 4 amide bonds. The number of aliphatic hydroxyl groups excluding tert-OH is 1. The van der Waals surface area contributed by atoms with Gasteiger partial charge >= 0.3 is 6.09 Å². The van der Waals surface area contributed by atoms with Crippen LogP contribution >= 0.6 is 11.8 Å². The monoisotopic (exact) mass is 626 g/mol. The van der Waals surface area contributed by atoms with Gasteiger partial charge in [0.15, 0.2) is 0 Å². The minimum atomic E-state index is -1.03. The fraction of sp³-hybridized carbons (Fsp3) is 0.767. The van der Waals surface area contributed by atoms with Gasteiger partial charge < -0.3 is 31.1 Å². The second-order valence-corrected chi connectivity index (χ2v) is 13.3. The summed E-state index contributed by atoms with van der Waals surface area (Å²) in [7, 11) is 1.74. The van der Waals surface area contributed by atoms with Crippen LogP contribution in [0.25, 0.3) is 0 Å². The maximum atomic E-state index is 13.4. The van der Waals surface area contributed by atoms with Crippen LogP contribution in [0.4, 0.5) is 4.79 Å². The lowest BCUT2D eigenvalue weighted by Gasteiger charge is -2.30. The van der Waals surface area contributed by atoms with E-state index in [2.05, 4.69) is 26.4 Å². The predicted octanol–water partition coefficient (Wildman–Crippen LogP) is 2.60. The zero-order chi connectivity index (χ0) is 32.7. The molecule has 0 radical (unpaired) electrons. The maximum absolute atomic E-state index is 13.4. The van der Waals surface area contributed by atoms with E-state index in [4.69, 9.17) is 4.74 Å². The summed E-state index contributed by atoms with van der Waals surface area (Å²) in [4.78, 5) is 51.6. The van der Waals surface area contributed by atoms with E-state index in [0.29, 0.717) is 30.8 Å². The molecule has 0 fully saturated rings. The van der Waals surface area contributed by atoms with E-state index >= 15 is 0 Å². The lowest BCUT2D eigenvalue weighted by Crippen LogP contribution is -2.54. The number of aryl methyl sites for hydroxylation is 1. The van der Waals surface area contributed by atoms with E-state index < -0.39 is 42.1 Å². The maximum Gasteiger partial charge on any atom is 0.408 e. The van der Waals surface area contributed by atoms with Gasteiger partial charge in [0, 0.05) is 25.7 Å². The van der Waals surface area contributed by atoms with Gasteiger partial charge in [-0.2, -0.15) is 16.9 Å². The second-order valence-electron chi connectivity index (χ2n) is 12.3. The Morgan fingerprint density at radius 2 is 1.63 bits per heavy atom. The van der Waals surface area contributed by atoms with Gasteiger partial charge in [-0.15, -0.1) is 0 Å². The van der Waals surface area contributed by atoms with Crippen LogP contribution in [0.3, 0.4) is 0 Å². The molecule has 1 heterocycles. The third kappa shape index (κ3) is 14.5. The molecule has 43 heavy (non-hydrogen) atoms. The molecule has 0 aliphatic carbocycles. The highest BCUT2D eigenvalue weighted by molar-refractivity contribution is 7.98. The highest BCUT2D eigenvalue weighted by Gasteiger charge is 2.31. The van der Waals surface area contributed by atoms with Gasteiger partial charge in [0.1, 0.15) is 18.7 Å². The average Bonchev–Trinajstić information content (AvgIpc) is 3.34. The van der Waals surface area contributed by atoms with Gasteiger partial charge in [0.05, 0.1) is 17.8 Å². The molecule has 1 aromatic heterocycles. The molecule has 0 spiro atoms. The number of hydrogen-bond donors (Lipinski definition) is 5. The van der Waals surface area contributed by atoms with Crippen molar-refractivity contribution < 1.29 is 29.0 Å². The molecule has 0 aliphatic rings. The number of carbonyl (C=O) groups excluding carboxylic acids is 4. The van der Waals surface area contributed by atoms with Crippen LogP contribution in [0.5, 0.6) is 0 Å². The lowest BCUT2D eigenvalue weighted by atomic mass is 9.91. The third-order valence-electron chi connectivity index (χ3n) is 6.98. The van der Waals surface area contributed by atoms with Crippen LogP contribution < -0.4 is 21.3 Å². The van der Waals surface area contributed by atoms with Crippen molar-refractivity contribution in [1.29, 1.82) is 0 Å². The van der Waals surface area contributed by atoms with Crippen molar-refractivity contribution in [3.63, 3.8) is 0 Å². The molecule has 0 bridgehead atoms. The van der Waals surface area contributed by atoms with Gasteiger partial charge in [-0.3, -0.25) is 19.1 Å². The van der Waals surface area contributed by atoms with Crippen LogP contribution in [0, 0.1) is 23.7 Å². The number of nitrogens with zero attached hydrogens (tertiary/aromatic N) is 2. The molecule has 1 rings (SSSR count). The summed E-state index contributed by atoms with van der Waals surface area (Å²) in [5.74, 6) is -0.717. The van der Waals surface area contributed by atoms with Crippen LogP contribution in [0.2, 0.25) is 0 Å². The van der Waals surface area contributed by atoms with Crippen LogP contribution in [-0.2, 0) is 32.8 Å². The molecule has 0 unspecified atom stereocenters. The zero-order valence-corrected chi connectivity index (χ0v) is 28.1. The van der Waals surface area contributed by atoms with Crippen molar-refractivity contribution in [1.82, 2.24) is 31.0 Å². The Balaban J connectivity index is 2.87. The number of aliphatic hydroxyl groups is 1. The van der Waals surface area contributed by atoms with Crippen molar-refractivity contribution in [2.24, 2.45) is 30.7 Å². The molecule has 12 nitrogen and oxygen atoms in total. The summed E-state index contributed by atoms with van der Waals surface area (Å²) in [5, 5.41) is 26.5. The summed E-state index contributed by atoms with van der Waals surface area (Å²) in [6.45, 7) is 13.9. The highest BCUT2D eigenvalue weighted by Crippen LogP contribution is 2.17. The molecule has 0 saturated heterocycles. The van der Waals surface area contributed by atoms with Crippen molar-refractivity contribution >= 4 is 35.6 Å². The minimum Gasteiger partial charge on any atom is -0.443 e. The fourth-order valence-electron chi connectivity index (χ4n) is 4.35. The number of aromatic nitrogens is 2. The molecular weight excluding hydrogens is 572 g/mol. The van der Waals surface area contributed by atoms with Crippen molar-refractivity contribution in [2.45, 2.75) is 98.6 Å². The molecule has 5 N–H and O–H groups in total. The van der Waals surface area contributed by atoms with E-state index in [0.717, 1.165) is 0 Å². The van der Waals surface area contributed by atoms with Gasteiger partial charge in [0.25, 0.3) is 0 Å². The van der Waals surface area contributed by atoms with Crippen LogP contribution in [-0.4, -0.2) is 81.5 Å². The first-order valence-electron chi connectivity index (χ1n) is 15.1.